The normalized spacial score (nSPS) is 13.8. The average Bonchev–Trinajstić information content (AvgIpc) is 2.91. The fourth-order valence-electron chi connectivity index (χ4n) is 2.97. The summed E-state index contributed by atoms with van der Waals surface area (Å²) >= 11 is 0. The van der Waals surface area contributed by atoms with Gasteiger partial charge in [-0.3, -0.25) is 0 Å². The van der Waals surface area contributed by atoms with E-state index in [1.165, 1.54) is 10.9 Å². The van der Waals surface area contributed by atoms with Crippen LogP contribution in [0.5, 0.6) is 5.75 Å². The molecule has 4 nitrogen and oxygen atoms in total. The van der Waals surface area contributed by atoms with Gasteiger partial charge in [-0.1, -0.05) is 36.4 Å². The van der Waals surface area contributed by atoms with Gasteiger partial charge in [-0.15, -0.1) is 0 Å². The van der Waals surface area contributed by atoms with Crippen LogP contribution in [0.25, 0.3) is 10.9 Å². The Hall–Kier alpha value is -2.30. The number of ether oxygens (including phenoxy) is 1. The summed E-state index contributed by atoms with van der Waals surface area (Å²) in [5.74, 6) is 0.770. The SMILES string of the molecule is CC(N)Cc1cn(CC(O)COc2ccccc2)c2ccccc12. The highest BCUT2D eigenvalue weighted by molar-refractivity contribution is 5.84. The smallest absolute Gasteiger partial charge is 0.119 e. The van der Waals surface area contributed by atoms with Crippen molar-refractivity contribution in [3.05, 3.63) is 66.4 Å². The molecule has 0 aliphatic rings. The highest BCUT2D eigenvalue weighted by Crippen LogP contribution is 2.23. The van der Waals surface area contributed by atoms with Crippen molar-refractivity contribution < 1.29 is 9.84 Å². The molecule has 0 spiro atoms. The number of nitrogens with two attached hydrogens (primary N) is 1. The molecule has 3 N–H and O–H groups in total. The summed E-state index contributed by atoms with van der Waals surface area (Å²) in [5.41, 5.74) is 8.30. The number of rotatable bonds is 7. The van der Waals surface area contributed by atoms with Gasteiger partial charge in [0.15, 0.2) is 0 Å². The second kappa shape index (κ2) is 7.51. The Morgan fingerprint density at radius 2 is 1.79 bits per heavy atom. The summed E-state index contributed by atoms with van der Waals surface area (Å²) in [4.78, 5) is 0. The van der Waals surface area contributed by atoms with E-state index in [1.54, 1.807) is 0 Å². The molecule has 0 amide bonds. The monoisotopic (exact) mass is 324 g/mol. The predicted octanol–water partition coefficient (Wildman–Crippen LogP) is 2.97. The molecular formula is C20H24N2O2. The predicted molar refractivity (Wildman–Crippen MR) is 97.2 cm³/mol. The lowest BCUT2D eigenvalue weighted by molar-refractivity contribution is 0.0935. The maximum atomic E-state index is 10.3. The van der Waals surface area contributed by atoms with Crippen molar-refractivity contribution in [3.63, 3.8) is 0 Å². The molecule has 3 aromatic rings. The Kier molecular flexibility index (Phi) is 5.18. The Balaban J connectivity index is 1.72. The fraction of sp³-hybridized carbons (Fsp3) is 0.300. The number of aliphatic hydroxyl groups is 1. The van der Waals surface area contributed by atoms with Crippen molar-refractivity contribution in [1.29, 1.82) is 0 Å². The summed E-state index contributed by atoms with van der Waals surface area (Å²) in [6.45, 7) is 2.76. The third-order valence-electron chi connectivity index (χ3n) is 4.01. The highest BCUT2D eigenvalue weighted by Gasteiger charge is 2.13. The van der Waals surface area contributed by atoms with Crippen molar-refractivity contribution in [2.45, 2.75) is 32.0 Å². The van der Waals surface area contributed by atoms with Gasteiger partial charge in [0.05, 0.1) is 6.54 Å². The van der Waals surface area contributed by atoms with E-state index < -0.39 is 6.10 Å². The van der Waals surface area contributed by atoms with Crippen LogP contribution in [0, 0.1) is 0 Å². The molecule has 0 bridgehead atoms. The molecular weight excluding hydrogens is 300 g/mol. The van der Waals surface area contributed by atoms with Gasteiger partial charge in [-0.25, -0.2) is 0 Å². The third kappa shape index (κ3) is 3.96. The minimum Gasteiger partial charge on any atom is -0.491 e. The van der Waals surface area contributed by atoms with Crippen LogP contribution >= 0.6 is 0 Å². The number of fused-ring (bicyclic) bond motifs is 1. The first-order valence-electron chi connectivity index (χ1n) is 8.31. The number of aromatic nitrogens is 1. The Bertz CT molecular complexity index is 781. The average molecular weight is 324 g/mol. The molecule has 24 heavy (non-hydrogen) atoms. The summed E-state index contributed by atoms with van der Waals surface area (Å²) in [6, 6.07) is 17.9. The zero-order chi connectivity index (χ0) is 16.9. The highest BCUT2D eigenvalue weighted by atomic mass is 16.5. The van der Waals surface area contributed by atoms with E-state index in [0.717, 1.165) is 17.7 Å². The molecule has 126 valence electrons. The molecule has 2 atom stereocenters. The number of aliphatic hydroxyl groups excluding tert-OH is 1. The van der Waals surface area contributed by atoms with Crippen LogP contribution in [0.15, 0.2) is 60.8 Å². The van der Waals surface area contributed by atoms with Crippen LogP contribution in [0.4, 0.5) is 0 Å². The molecule has 0 saturated heterocycles. The van der Waals surface area contributed by atoms with Crippen molar-refractivity contribution in [3.8, 4) is 5.75 Å². The standard InChI is InChI=1S/C20H24N2O2/c1-15(21)11-16-12-22(20-10-6-5-9-19(16)20)13-17(23)14-24-18-7-3-2-4-8-18/h2-10,12,15,17,23H,11,13-14,21H2,1H3. The van der Waals surface area contributed by atoms with Gasteiger partial charge < -0.3 is 20.1 Å². The van der Waals surface area contributed by atoms with Crippen LogP contribution in [-0.4, -0.2) is 28.4 Å². The van der Waals surface area contributed by atoms with E-state index in [0.29, 0.717) is 6.54 Å². The van der Waals surface area contributed by atoms with E-state index in [2.05, 4.69) is 22.9 Å². The van der Waals surface area contributed by atoms with Gasteiger partial charge in [0.2, 0.25) is 0 Å². The number of hydrogen-bond acceptors (Lipinski definition) is 3. The molecule has 3 rings (SSSR count). The molecule has 0 aliphatic carbocycles. The third-order valence-corrected chi connectivity index (χ3v) is 4.01. The van der Waals surface area contributed by atoms with Gasteiger partial charge >= 0.3 is 0 Å². The molecule has 2 unspecified atom stereocenters. The summed E-state index contributed by atoms with van der Waals surface area (Å²) < 4.78 is 7.73. The summed E-state index contributed by atoms with van der Waals surface area (Å²) in [6.07, 6.45) is 2.34. The number of benzene rings is 2. The van der Waals surface area contributed by atoms with Crippen LogP contribution in [0.2, 0.25) is 0 Å². The van der Waals surface area contributed by atoms with E-state index in [4.69, 9.17) is 10.5 Å². The minimum absolute atomic E-state index is 0.107. The van der Waals surface area contributed by atoms with Gasteiger partial charge in [0.1, 0.15) is 18.5 Å². The quantitative estimate of drug-likeness (QED) is 0.702. The zero-order valence-electron chi connectivity index (χ0n) is 13.9. The topological polar surface area (TPSA) is 60.4 Å². The lowest BCUT2D eigenvalue weighted by atomic mass is 10.1. The van der Waals surface area contributed by atoms with E-state index in [9.17, 15) is 5.11 Å². The maximum absolute atomic E-state index is 10.3. The largest absolute Gasteiger partial charge is 0.491 e. The van der Waals surface area contributed by atoms with Gasteiger partial charge in [-0.05, 0) is 37.1 Å². The first-order valence-corrected chi connectivity index (χ1v) is 8.31. The minimum atomic E-state index is -0.579. The lowest BCUT2D eigenvalue weighted by Crippen LogP contribution is -2.23. The first-order chi connectivity index (χ1) is 11.6. The molecule has 0 aliphatic heterocycles. The van der Waals surface area contributed by atoms with E-state index >= 15 is 0 Å². The molecule has 0 radical (unpaired) electrons. The molecule has 1 heterocycles. The second-order valence-electron chi connectivity index (χ2n) is 6.28. The van der Waals surface area contributed by atoms with Crippen LogP contribution in [0.3, 0.4) is 0 Å². The van der Waals surface area contributed by atoms with Crippen molar-refractivity contribution in [2.24, 2.45) is 5.73 Å². The number of hydrogen-bond donors (Lipinski definition) is 2. The van der Waals surface area contributed by atoms with Crippen LogP contribution in [-0.2, 0) is 13.0 Å². The van der Waals surface area contributed by atoms with Crippen molar-refractivity contribution in [1.82, 2.24) is 4.57 Å². The molecule has 1 aromatic heterocycles. The number of nitrogens with zero attached hydrogens (tertiary/aromatic N) is 1. The fourth-order valence-corrected chi connectivity index (χ4v) is 2.97. The second-order valence-corrected chi connectivity index (χ2v) is 6.28. The summed E-state index contributed by atoms with van der Waals surface area (Å²) in [5, 5.41) is 11.5. The van der Waals surface area contributed by atoms with Gasteiger partial charge in [0, 0.05) is 23.1 Å². The number of para-hydroxylation sites is 2. The Morgan fingerprint density at radius 3 is 2.54 bits per heavy atom. The Morgan fingerprint density at radius 1 is 1.08 bits per heavy atom. The molecule has 2 aromatic carbocycles. The van der Waals surface area contributed by atoms with E-state index in [1.807, 2.05) is 49.4 Å². The zero-order valence-corrected chi connectivity index (χ0v) is 13.9. The summed E-state index contributed by atoms with van der Waals surface area (Å²) in [7, 11) is 0. The molecule has 0 saturated carbocycles. The molecule has 0 fully saturated rings. The Labute approximate surface area is 142 Å². The van der Waals surface area contributed by atoms with Gasteiger partial charge in [-0.2, -0.15) is 0 Å². The van der Waals surface area contributed by atoms with Crippen LogP contribution < -0.4 is 10.5 Å². The van der Waals surface area contributed by atoms with Crippen LogP contribution in [0.1, 0.15) is 12.5 Å². The van der Waals surface area contributed by atoms with Crippen molar-refractivity contribution in [2.75, 3.05) is 6.61 Å². The first kappa shape index (κ1) is 16.6. The van der Waals surface area contributed by atoms with Crippen molar-refractivity contribution >= 4 is 10.9 Å². The van der Waals surface area contributed by atoms with Gasteiger partial charge in [0.25, 0.3) is 0 Å². The molecule has 4 heteroatoms. The maximum Gasteiger partial charge on any atom is 0.119 e. The van der Waals surface area contributed by atoms with E-state index in [-0.39, 0.29) is 12.6 Å². The lowest BCUT2D eigenvalue weighted by Gasteiger charge is -2.14.